The van der Waals surface area contributed by atoms with Gasteiger partial charge in [-0.15, -0.1) is 0 Å². The number of carbonyl (C=O) groups excluding carboxylic acids is 1. The molecule has 1 aliphatic rings. The molecule has 1 saturated heterocycles. The molecular weight excluding hydrogens is 302 g/mol. The molecular formula is C15H17F4NO2. The lowest BCUT2D eigenvalue weighted by Gasteiger charge is -2.27. The van der Waals surface area contributed by atoms with Crippen molar-refractivity contribution in [2.24, 2.45) is 5.92 Å². The maximum absolute atomic E-state index is 13.4. The van der Waals surface area contributed by atoms with Crippen LogP contribution < -0.4 is 0 Å². The SMILES string of the molecule is C[C@H]1CCN(C(=O)COCC(F)(F)F)[C@H]1c1cccc(F)c1. The van der Waals surface area contributed by atoms with Crippen molar-refractivity contribution in [2.45, 2.75) is 25.6 Å². The number of hydrogen-bond donors (Lipinski definition) is 0. The van der Waals surface area contributed by atoms with E-state index >= 15 is 0 Å². The molecule has 2 atom stereocenters. The molecule has 0 unspecified atom stereocenters. The molecule has 0 spiro atoms. The lowest BCUT2D eigenvalue weighted by Crippen LogP contribution is -2.35. The quantitative estimate of drug-likeness (QED) is 0.797. The first kappa shape index (κ1) is 16.7. The number of benzene rings is 1. The molecule has 0 aromatic heterocycles. The number of nitrogens with zero attached hydrogens (tertiary/aromatic N) is 1. The fraction of sp³-hybridized carbons (Fsp3) is 0.533. The van der Waals surface area contributed by atoms with Crippen LogP contribution >= 0.6 is 0 Å². The third-order valence-corrected chi connectivity index (χ3v) is 3.70. The maximum Gasteiger partial charge on any atom is 0.411 e. The Morgan fingerprint density at radius 1 is 1.41 bits per heavy atom. The van der Waals surface area contributed by atoms with E-state index in [1.54, 1.807) is 12.1 Å². The van der Waals surface area contributed by atoms with Crippen LogP contribution in [0.1, 0.15) is 24.9 Å². The van der Waals surface area contributed by atoms with Gasteiger partial charge in [0, 0.05) is 6.54 Å². The summed E-state index contributed by atoms with van der Waals surface area (Å²) in [6.45, 7) is 0.279. The molecule has 0 radical (unpaired) electrons. The summed E-state index contributed by atoms with van der Waals surface area (Å²) in [4.78, 5) is 13.6. The van der Waals surface area contributed by atoms with Crippen molar-refractivity contribution in [3.8, 4) is 0 Å². The molecule has 1 aromatic carbocycles. The summed E-state index contributed by atoms with van der Waals surface area (Å²) in [6.07, 6.45) is -3.74. The molecule has 1 heterocycles. The predicted molar refractivity (Wildman–Crippen MR) is 71.5 cm³/mol. The molecule has 1 fully saturated rings. The van der Waals surface area contributed by atoms with Crippen LogP contribution in [0.25, 0.3) is 0 Å². The van der Waals surface area contributed by atoms with Crippen molar-refractivity contribution in [3.63, 3.8) is 0 Å². The Morgan fingerprint density at radius 3 is 2.77 bits per heavy atom. The summed E-state index contributed by atoms with van der Waals surface area (Å²) in [7, 11) is 0. The van der Waals surface area contributed by atoms with Crippen LogP contribution in [0.4, 0.5) is 17.6 Å². The van der Waals surface area contributed by atoms with Crippen LogP contribution in [0.15, 0.2) is 24.3 Å². The summed E-state index contributed by atoms with van der Waals surface area (Å²) in [5, 5.41) is 0. The van der Waals surface area contributed by atoms with Crippen molar-refractivity contribution in [2.75, 3.05) is 19.8 Å². The first-order valence-electron chi connectivity index (χ1n) is 6.97. The highest BCUT2D eigenvalue weighted by Gasteiger charge is 2.36. The van der Waals surface area contributed by atoms with E-state index in [1.165, 1.54) is 17.0 Å². The van der Waals surface area contributed by atoms with E-state index in [-0.39, 0.29) is 12.0 Å². The minimum atomic E-state index is -4.46. The van der Waals surface area contributed by atoms with Gasteiger partial charge < -0.3 is 9.64 Å². The van der Waals surface area contributed by atoms with Crippen molar-refractivity contribution in [1.29, 1.82) is 0 Å². The fourth-order valence-electron chi connectivity index (χ4n) is 2.76. The predicted octanol–water partition coefficient (Wildman–Crippen LogP) is 3.31. The van der Waals surface area contributed by atoms with E-state index in [0.29, 0.717) is 18.5 Å². The number of rotatable bonds is 4. The maximum atomic E-state index is 13.4. The van der Waals surface area contributed by atoms with Crippen LogP contribution in [-0.2, 0) is 9.53 Å². The Balaban J connectivity index is 2.04. The van der Waals surface area contributed by atoms with Gasteiger partial charge in [-0.1, -0.05) is 19.1 Å². The average molecular weight is 319 g/mol. The lowest BCUT2D eigenvalue weighted by molar-refractivity contribution is -0.178. The number of alkyl halides is 3. The lowest BCUT2D eigenvalue weighted by atomic mass is 9.95. The van der Waals surface area contributed by atoms with E-state index in [0.717, 1.165) is 0 Å². The number of ether oxygens (including phenoxy) is 1. The Labute approximate surface area is 125 Å². The molecule has 1 amide bonds. The number of amides is 1. The zero-order valence-corrected chi connectivity index (χ0v) is 12.1. The van der Waals surface area contributed by atoms with Crippen molar-refractivity contribution >= 4 is 5.91 Å². The van der Waals surface area contributed by atoms with Gasteiger partial charge in [-0.25, -0.2) is 4.39 Å². The van der Waals surface area contributed by atoms with E-state index in [9.17, 15) is 22.4 Å². The summed E-state index contributed by atoms with van der Waals surface area (Å²) in [5.74, 6) is -0.812. The highest BCUT2D eigenvalue weighted by Crippen LogP contribution is 2.37. The Bertz CT molecular complexity index is 533. The number of hydrogen-bond acceptors (Lipinski definition) is 2. The monoisotopic (exact) mass is 319 g/mol. The van der Waals surface area contributed by atoms with Crippen LogP contribution in [0.2, 0.25) is 0 Å². The minimum absolute atomic E-state index is 0.105. The average Bonchev–Trinajstić information content (AvgIpc) is 2.79. The third kappa shape index (κ3) is 4.19. The van der Waals surface area contributed by atoms with E-state index in [2.05, 4.69) is 4.74 Å². The van der Waals surface area contributed by atoms with E-state index in [1.807, 2.05) is 6.92 Å². The molecule has 1 aliphatic heterocycles. The first-order valence-corrected chi connectivity index (χ1v) is 6.97. The molecule has 7 heteroatoms. The minimum Gasteiger partial charge on any atom is -0.362 e. The molecule has 2 rings (SSSR count). The van der Waals surface area contributed by atoms with Crippen molar-refractivity contribution in [3.05, 3.63) is 35.6 Å². The van der Waals surface area contributed by atoms with Gasteiger partial charge in [0.05, 0.1) is 6.04 Å². The fourth-order valence-corrected chi connectivity index (χ4v) is 2.76. The molecule has 3 nitrogen and oxygen atoms in total. The third-order valence-electron chi connectivity index (χ3n) is 3.70. The van der Waals surface area contributed by atoms with Gasteiger partial charge in [0.2, 0.25) is 5.91 Å². The second kappa shape index (κ2) is 6.64. The molecule has 122 valence electrons. The summed E-state index contributed by atoms with van der Waals surface area (Å²) < 4.78 is 53.9. The van der Waals surface area contributed by atoms with E-state index < -0.39 is 31.1 Å². The standard InChI is InChI=1S/C15H17F4NO2/c1-10-5-6-20(13(21)8-22-9-15(17,18)19)14(10)11-3-2-4-12(16)7-11/h2-4,7,10,14H,5-6,8-9H2,1H3/t10-,14+/m0/s1. The topological polar surface area (TPSA) is 29.5 Å². The first-order chi connectivity index (χ1) is 10.3. The zero-order chi connectivity index (χ0) is 16.3. The molecule has 0 saturated carbocycles. The smallest absolute Gasteiger partial charge is 0.362 e. The number of likely N-dealkylation sites (tertiary alicyclic amines) is 1. The van der Waals surface area contributed by atoms with Crippen LogP contribution in [0, 0.1) is 11.7 Å². The second-order valence-corrected chi connectivity index (χ2v) is 5.46. The van der Waals surface area contributed by atoms with Gasteiger partial charge >= 0.3 is 6.18 Å². The molecule has 1 aromatic rings. The summed E-state index contributed by atoms with van der Waals surface area (Å²) in [6, 6.07) is 5.59. The second-order valence-electron chi connectivity index (χ2n) is 5.46. The summed E-state index contributed by atoms with van der Waals surface area (Å²) in [5.41, 5.74) is 0.647. The molecule has 0 bridgehead atoms. The Morgan fingerprint density at radius 2 is 2.14 bits per heavy atom. The molecule has 0 aliphatic carbocycles. The van der Waals surface area contributed by atoms with Crippen LogP contribution in [-0.4, -0.2) is 36.7 Å². The van der Waals surface area contributed by atoms with E-state index in [4.69, 9.17) is 0 Å². The highest BCUT2D eigenvalue weighted by atomic mass is 19.4. The van der Waals surface area contributed by atoms with Gasteiger partial charge in [0.25, 0.3) is 0 Å². The molecule has 0 N–H and O–H groups in total. The Hall–Kier alpha value is -1.63. The van der Waals surface area contributed by atoms with Crippen LogP contribution in [0.5, 0.6) is 0 Å². The zero-order valence-electron chi connectivity index (χ0n) is 12.1. The molecule has 22 heavy (non-hydrogen) atoms. The normalized spacial score (nSPS) is 22.1. The summed E-state index contributed by atoms with van der Waals surface area (Å²) >= 11 is 0. The largest absolute Gasteiger partial charge is 0.411 e. The van der Waals surface area contributed by atoms with Crippen molar-refractivity contribution in [1.82, 2.24) is 4.90 Å². The number of halogens is 4. The van der Waals surface area contributed by atoms with Crippen molar-refractivity contribution < 1.29 is 27.1 Å². The Kier molecular flexibility index (Phi) is 5.05. The van der Waals surface area contributed by atoms with Gasteiger partial charge in [0.15, 0.2) is 0 Å². The van der Waals surface area contributed by atoms with Gasteiger partial charge in [-0.2, -0.15) is 13.2 Å². The van der Waals surface area contributed by atoms with Crippen LogP contribution in [0.3, 0.4) is 0 Å². The highest BCUT2D eigenvalue weighted by molar-refractivity contribution is 5.78. The number of carbonyl (C=O) groups is 1. The van der Waals surface area contributed by atoms with Gasteiger partial charge in [-0.05, 0) is 30.0 Å². The van der Waals surface area contributed by atoms with Gasteiger partial charge in [-0.3, -0.25) is 4.79 Å². The van der Waals surface area contributed by atoms with Gasteiger partial charge in [0.1, 0.15) is 19.0 Å².